The van der Waals surface area contributed by atoms with Gasteiger partial charge in [0, 0.05) is 19.5 Å². The van der Waals surface area contributed by atoms with Gasteiger partial charge in [-0.25, -0.2) is 9.59 Å². The average molecular weight is 328 g/mol. The fourth-order valence-electron chi connectivity index (χ4n) is 1.16. The quantitative estimate of drug-likeness (QED) is 0.822. The molecule has 0 amide bonds. The number of benzene rings is 2. The third-order valence-corrected chi connectivity index (χ3v) is 2.04. The van der Waals surface area contributed by atoms with E-state index in [2.05, 4.69) is 0 Å². The van der Waals surface area contributed by atoms with E-state index in [1.54, 1.807) is 60.7 Å². The van der Waals surface area contributed by atoms with Crippen LogP contribution in [0.1, 0.15) is 20.7 Å². The van der Waals surface area contributed by atoms with Gasteiger partial charge in [0.25, 0.3) is 0 Å². The average Bonchev–Trinajstić information content (AvgIpc) is 2.41. The molecular weight excluding hydrogens is 314 g/mol. The zero-order chi connectivity index (χ0) is 13.4. The maximum Gasteiger partial charge on any atom is 0.335 e. The molecular formula is C14H14O5Zn. The second-order valence-electron chi connectivity index (χ2n) is 3.34. The molecule has 4 N–H and O–H groups in total. The third-order valence-electron chi connectivity index (χ3n) is 2.04. The molecule has 0 bridgehead atoms. The Hall–Kier alpha value is -2.04. The van der Waals surface area contributed by atoms with E-state index in [0.29, 0.717) is 11.1 Å². The number of hydrogen-bond donors (Lipinski definition) is 2. The van der Waals surface area contributed by atoms with Crippen LogP contribution in [0.4, 0.5) is 0 Å². The normalized spacial score (nSPS) is 8.00. The number of carboxylic acid groups (broad SMARTS) is 2. The van der Waals surface area contributed by atoms with Crippen molar-refractivity contribution in [1.82, 2.24) is 0 Å². The second-order valence-corrected chi connectivity index (χ2v) is 3.34. The molecule has 2 aromatic carbocycles. The van der Waals surface area contributed by atoms with Gasteiger partial charge < -0.3 is 15.7 Å². The van der Waals surface area contributed by atoms with Crippen molar-refractivity contribution in [1.29, 1.82) is 0 Å². The first-order valence-corrected chi connectivity index (χ1v) is 5.18. The molecule has 0 atom stereocenters. The minimum atomic E-state index is -0.879. The van der Waals surface area contributed by atoms with Gasteiger partial charge in [-0.05, 0) is 24.3 Å². The van der Waals surface area contributed by atoms with Crippen molar-refractivity contribution in [3.05, 3.63) is 71.8 Å². The Morgan fingerprint density at radius 2 is 0.900 bits per heavy atom. The maximum atomic E-state index is 10.2. The van der Waals surface area contributed by atoms with Crippen molar-refractivity contribution < 1.29 is 44.8 Å². The summed E-state index contributed by atoms with van der Waals surface area (Å²) in [6.45, 7) is 0. The standard InChI is InChI=1S/2C7H6O2.H2O.Zn/c2*8-7(9)6-4-2-1-3-5-6;;/h2*1-5H,(H,8,9);1H2;. The van der Waals surface area contributed by atoms with E-state index >= 15 is 0 Å². The number of rotatable bonds is 2. The van der Waals surface area contributed by atoms with E-state index in [1.807, 2.05) is 0 Å². The molecule has 0 heterocycles. The zero-order valence-corrected chi connectivity index (χ0v) is 13.7. The summed E-state index contributed by atoms with van der Waals surface area (Å²) in [7, 11) is 0. The fraction of sp³-hybridized carbons (Fsp3) is 0. The molecule has 0 saturated heterocycles. The summed E-state index contributed by atoms with van der Waals surface area (Å²) >= 11 is 0. The Morgan fingerprint density at radius 1 is 0.650 bits per heavy atom. The van der Waals surface area contributed by atoms with Crippen LogP contribution in [0.2, 0.25) is 0 Å². The molecule has 102 valence electrons. The van der Waals surface area contributed by atoms with Crippen LogP contribution in [0.25, 0.3) is 0 Å². The van der Waals surface area contributed by atoms with E-state index in [1.165, 1.54) is 0 Å². The molecule has 0 unspecified atom stereocenters. The Kier molecular flexibility index (Phi) is 11.0. The largest absolute Gasteiger partial charge is 0.478 e. The third kappa shape index (κ3) is 7.41. The van der Waals surface area contributed by atoms with Crippen LogP contribution in [0.15, 0.2) is 60.7 Å². The molecule has 0 aliphatic heterocycles. The molecule has 2 aromatic rings. The van der Waals surface area contributed by atoms with Gasteiger partial charge in [-0.1, -0.05) is 36.4 Å². The van der Waals surface area contributed by atoms with Gasteiger partial charge in [0.15, 0.2) is 0 Å². The van der Waals surface area contributed by atoms with Crippen LogP contribution in [0.3, 0.4) is 0 Å². The van der Waals surface area contributed by atoms with E-state index in [4.69, 9.17) is 10.2 Å². The Bertz CT molecular complexity index is 464. The summed E-state index contributed by atoms with van der Waals surface area (Å²) < 4.78 is 0. The van der Waals surface area contributed by atoms with Crippen LogP contribution < -0.4 is 0 Å². The Balaban J connectivity index is 0. The summed E-state index contributed by atoms with van der Waals surface area (Å²) in [4.78, 5) is 20.4. The van der Waals surface area contributed by atoms with Gasteiger partial charge in [-0.15, -0.1) is 0 Å². The molecule has 0 aliphatic carbocycles. The van der Waals surface area contributed by atoms with E-state index in [0.717, 1.165) is 0 Å². The van der Waals surface area contributed by atoms with Crippen molar-refractivity contribution in [3.8, 4) is 0 Å². The fourth-order valence-corrected chi connectivity index (χ4v) is 1.16. The second kappa shape index (κ2) is 10.8. The number of carboxylic acids is 2. The molecule has 6 heteroatoms. The van der Waals surface area contributed by atoms with E-state index in [9.17, 15) is 9.59 Å². The van der Waals surface area contributed by atoms with Gasteiger partial charge in [0.1, 0.15) is 0 Å². The molecule has 0 radical (unpaired) electrons. The number of carbonyl (C=O) groups is 2. The maximum absolute atomic E-state index is 10.2. The van der Waals surface area contributed by atoms with Crippen molar-refractivity contribution in [2.75, 3.05) is 0 Å². The van der Waals surface area contributed by atoms with Crippen molar-refractivity contribution in [2.24, 2.45) is 0 Å². The number of aromatic carboxylic acids is 2. The molecule has 2 rings (SSSR count). The van der Waals surface area contributed by atoms with Gasteiger partial charge in [0.05, 0.1) is 11.1 Å². The van der Waals surface area contributed by atoms with Crippen molar-refractivity contribution >= 4 is 11.9 Å². The van der Waals surface area contributed by atoms with Crippen molar-refractivity contribution in [2.45, 2.75) is 0 Å². The van der Waals surface area contributed by atoms with E-state index in [-0.39, 0.29) is 25.0 Å². The summed E-state index contributed by atoms with van der Waals surface area (Å²) in [6.07, 6.45) is 0. The van der Waals surface area contributed by atoms with Crippen LogP contribution in [0, 0.1) is 0 Å². The molecule has 5 nitrogen and oxygen atoms in total. The summed E-state index contributed by atoms with van der Waals surface area (Å²) in [5, 5.41) is 16.8. The molecule has 0 aromatic heterocycles. The first kappa shape index (κ1) is 20.3. The first-order valence-electron chi connectivity index (χ1n) is 5.18. The first-order chi connectivity index (χ1) is 8.61. The zero-order valence-electron chi connectivity index (χ0n) is 10.7. The van der Waals surface area contributed by atoms with Crippen LogP contribution in [-0.4, -0.2) is 27.6 Å². The molecule has 0 fully saturated rings. The molecule has 0 spiro atoms. The van der Waals surface area contributed by atoms with E-state index < -0.39 is 11.9 Å². The SMILES string of the molecule is O.O=C(O)c1ccccc1.O=C(O)c1ccccc1.[Zn]. The van der Waals surface area contributed by atoms with Crippen LogP contribution >= 0.6 is 0 Å². The van der Waals surface area contributed by atoms with Gasteiger partial charge in [-0.3, -0.25) is 0 Å². The van der Waals surface area contributed by atoms with Crippen molar-refractivity contribution in [3.63, 3.8) is 0 Å². The predicted octanol–water partition coefficient (Wildman–Crippen LogP) is 1.94. The topological polar surface area (TPSA) is 106 Å². The monoisotopic (exact) mass is 326 g/mol. The summed E-state index contributed by atoms with van der Waals surface area (Å²) in [5.41, 5.74) is 0.662. The van der Waals surface area contributed by atoms with Gasteiger partial charge in [-0.2, -0.15) is 0 Å². The molecule has 0 aliphatic rings. The molecule has 20 heavy (non-hydrogen) atoms. The Morgan fingerprint density at radius 3 is 1.05 bits per heavy atom. The van der Waals surface area contributed by atoms with Gasteiger partial charge >= 0.3 is 11.9 Å². The predicted molar refractivity (Wildman–Crippen MR) is 70.4 cm³/mol. The summed E-state index contributed by atoms with van der Waals surface area (Å²) in [5.74, 6) is -1.76. The smallest absolute Gasteiger partial charge is 0.335 e. The van der Waals surface area contributed by atoms with Gasteiger partial charge in [0.2, 0.25) is 0 Å². The number of hydrogen-bond acceptors (Lipinski definition) is 2. The summed E-state index contributed by atoms with van der Waals surface area (Å²) in [6, 6.07) is 16.6. The minimum Gasteiger partial charge on any atom is -0.478 e. The minimum absolute atomic E-state index is 0. The van der Waals surface area contributed by atoms with Crippen LogP contribution in [0.5, 0.6) is 0 Å². The van der Waals surface area contributed by atoms with Crippen LogP contribution in [-0.2, 0) is 19.5 Å². The molecule has 0 saturated carbocycles. The Labute approximate surface area is 128 Å².